The Balaban J connectivity index is 2.02. The summed E-state index contributed by atoms with van der Waals surface area (Å²) in [6.07, 6.45) is 0. The molecule has 2 rings (SSSR count). The minimum absolute atomic E-state index is 0.0279. The van der Waals surface area contributed by atoms with Gasteiger partial charge in [0.2, 0.25) is 5.91 Å². The molecule has 1 amide bonds. The molecule has 0 saturated carbocycles. The van der Waals surface area contributed by atoms with E-state index >= 15 is 0 Å². The maximum atomic E-state index is 12.3. The topological polar surface area (TPSA) is 55.4 Å². The summed E-state index contributed by atoms with van der Waals surface area (Å²) in [5.74, 6) is 0.621. The van der Waals surface area contributed by atoms with Crippen molar-refractivity contribution in [1.29, 1.82) is 0 Å². The van der Waals surface area contributed by atoms with Crippen molar-refractivity contribution in [2.24, 2.45) is 0 Å². The van der Waals surface area contributed by atoms with E-state index < -0.39 is 0 Å². The van der Waals surface area contributed by atoms with Gasteiger partial charge in [0.1, 0.15) is 5.75 Å². The number of benzene rings is 2. The lowest BCUT2D eigenvalue weighted by Gasteiger charge is -2.13. The molecular weight excluding hydrogens is 310 g/mol. The third-order valence-electron chi connectivity index (χ3n) is 3.26. The predicted molar refractivity (Wildman–Crippen MR) is 93.4 cm³/mol. The standard InChI is InChI=1S/C18H19NO3S/c1-12(20)14-6-4-7-15(10-14)19-18(21)13(2)23-17-9-5-8-16(11-17)22-3/h4-11,13H,1-3H3,(H,19,21). The zero-order valence-electron chi connectivity index (χ0n) is 13.3. The summed E-state index contributed by atoms with van der Waals surface area (Å²) in [5.41, 5.74) is 1.21. The number of ketones is 1. The largest absolute Gasteiger partial charge is 0.497 e. The minimum atomic E-state index is -0.275. The van der Waals surface area contributed by atoms with Gasteiger partial charge in [-0.15, -0.1) is 11.8 Å². The first-order valence-electron chi connectivity index (χ1n) is 7.22. The van der Waals surface area contributed by atoms with Crippen LogP contribution in [0.4, 0.5) is 5.69 Å². The molecule has 5 heteroatoms. The monoisotopic (exact) mass is 329 g/mol. The number of methoxy groups -OCH3 is 1. The second-order valence-electron chi connectivity index (χ2n) is 5.07. The molecule has 23 heavy (non-hydrogen) atoms. The molecule has 0 aromatic heterocycles. The van der Waals surface area contributed by atoms with E-state index in [1.807, 2.05) is 31.2 Å². The molecule has 0 radical (unpaired) electrons. The first-order valence-corrected chi connectivity index (χ1v) is 8.10. The van der Waals surface area contributed by atoms with Crippen LogP contribution in [0.2, 0.25) is 0 Å². The Morgan fingerprint density at radius 3 is 2.57 bits per heavy atom. The Bertz CT molecular complexity index is 715. The van der Waals surface area contributed by atoms with Crippen molar-refractivity contribution in [1.82, 2.24) is 0 Å². The number of anilines is 1. The van der Waals surface area contributed by atoms with E-state index in [0.717, 1.165) is 10.6 Å². The third-order valence-corrected chi connectivity index (χ3v) is 4.35. The molecular formula is C18H19NO3S. The lowest BCUT2D eigenvalue weighted by Crippen LogP contribution is -2.22. The Labute approximate surface area is 140 Å². The average molecular weight is 329 g/mol. The Kier molecular flexibility index (Phi) is 5.82. The summed E-state index contributed by atoms with van der Waals surface area (Å²) in [5, 5.41) is 2.57. The van der Waals surface area contributed by atoms with Crippen LogP contribution in [0.15, 0.2) is 53.4 Å². The maximum Gasteiger partial charge on any atom is 0.237 e. The number of Topliss-reactive ketones (excluding diaryl/α,β-unsaturated/α-hetero) is 1. The van der Waals surface area contributed by atoms with Gasteiger partial charge in [-0.05, 0) is 44.2 Å². The highest BCUT2D eigenvalue weighted by Crippen LogP contribution is 2.27. The van der Waals surface area contributed by atoms with Crippen LogP contribution >= 0.6 is 11.8 Å². The number of nitrogens with one attached hydrogen (secondary N) is 1. The summed E-state index contributed by atoms with van der Waals surface area (Å²) < 4.78 is 5.18. The molecule has 0 aliphatic carbocycles. The van der Waals surface area contributed by atoms with Gasteiger partial charge in [0.25, 0.3) is 0 Å². The smallest absolute Gasteiger partial charge is 0.237 e. The zero-order chi connectivity index (χ0) is 16.8. The molecule has 2 aromatic carbocycles. The lowest BCUT2D eigenvalue weighted by atomic mass is 10.1. The van der Waals surface area contributed by atoms with E-state index in [9.17, 15) is 9.59 Å². The fraction of sp³-hybridized carbons (Fsp3) is 0.222. The quantitative estimate of drug-likeness (QED) is 0.642. The van der Waals surface area contributed by atoms with Gasteiger partial charge in [0.05, 0.1) is 12.4 Å². The fourth-order valence-electron chi connectivity index (χ4n) is 1.99. The second-order valence-corrected chi connectivity index (χ2v) is 6.48. The number of thioether (sulfide) groups is 1. The third kappa shape index (κ3) is 4.86. The highest BCUT2D eigenvalue weighted by atomic mass is 32.2. The minimum Gasteiger partial charge on any atom is -0.497 e. The van der Waals surface area contributed by atoms with Crippen LogP contribution in [0.25, 0.3) is 0 Å². The first-order chi connectivity index (χ1) is 11.0. The van der Waals surface area contributed by atoms with Gasteiger partial charge in [0.15, 0.2) is 5.78 Å². The predicted octanol–water partition coefficient (Wildman–Crippen LogP) is 4.02. The van der Waals surface area contributed by atoms with Gasteiger partial charge < -0.3 is 10.1 Å². The van der Waals surface area contributed by atoms with Gasteiger partial charge >= 0.3 is 0 Å². The number of carbonyl (C=O) groups excluding carboxylic acids is 2. The van der Waals surface area contributed by atoms with E-state index in [4.69, 9.17) is 4.74 Å². The Morgan fingerprint density at radius 1 is 1.13 bits per heavy atom. The molecule has 0 heterocycles. The van der Waals surface area contributed by atoms with Crippen LogP contribution in [0.1, 0.15) is 24.2 Å². The number of rotatable bonds is 6. The second kappa shape index (κ2) is 7.83. The highest BCUT2D eigenvalue weighted by molar-refractivity contribution is 8.00. The highest BCUT2D eigenvalue weighted by Gasteiger charge is 2.15. The molecule has 0 saturated heterocycles. The van der Waals surface area contributed by atoms with Gasteiger partial charge in [-0.2, -0.15) is 0 Å². The van der Waals surface area contributed by atoms with E-state index in [-0.39, 0.29) is 16.9 Å². The van der Waals surface area contributed by atoms with Crippen LogP contribution < -0.4 is 10.1 Å². The number of ether oxygens (including phenoxy) is 1. The van der Waals surface area contributed by atoms with Gasteiger partial charge in [-0.25, -0.2) is 0 Å². The van der Waals surface area contributed by atoms with Crippen LogP contribution in [0.5, 0.6) is 5.75 Å². The molecule has 1 atom stereocenters. The van der Waals surface area contributed by atoms with Gasteiger partial charge in [-0.1, -0.05) is 18.2 Å². The summed E-state index contributed by atoms with van der Waals surface area (Å²) in [7, 11) is 1.61. The summed E-state index contributed by atoms with van der Waals surface area (Å²) in [6, 6.07) is 14.5. The molecule has 4 nitrogen and oxygen atoms in total. The first kappa shape index (κ1) is 17.1. The van der Waals surface area contributed by atoms with Crippen molar-refractivity contribution in [3.05, 3.63) is 54.1 Å². The van der Waals surface area contributed by atoms with Crippen LogP contribution in [-0.2, 0) is 4.79 Å². The van der Waals surface area contributed by atoms with Gasteiger partial charge in [0, 0.05) is 16.1 Å². The average Bonchev–Trinajstić information content (AvgIpc) is 2.55. The molecule has 0 fully saturated rings. The summed E-state index contributed by atoms with van der Waals surface area (Å²) >= 11 is 1.45. The van der Waals surface area contributed by atoms with Crippen molar-refractivity contribution in [2.45, 2.75) is 24.0 Å². The van der Waals surface area contributed by atoms with E-state index in [1.165, 1.54) is 18.7 Å². The van der Waals surface area contributed by atoms with Crippen LogP contribution in [0.3, 0.4) is 0 Å². The molecule has 0 aliphatic rings. The molecule has 1 unspecified atom stereocenters. The number of hydrogen-bond donors (Lipinski definition) is 1. The number of hydrogen-bond acceptors (Lipinski definition) is 4. The normalized spacial score (nSPS) is 11.6. The zero-order valence-corrected chi connectivity index (χ0v) is 14.1. The molecule has 120 valence electrons. The van der Waals surface area contributed by atoms with Crippen LogP contribution in [-0.4, -0.2) is 24.1 Å². The SMILES string of the molecule is COc1cccc(SC(C)C(=O)Nc2cccc(C(C)=O)c2)c1. The van der Waals surface area contributed by atoms with Crippen molar-refractivity contribution in [3.8, 4) is 5.75 Å². The number of carbonyl (C=O) groups is 2. The van der Waals surface area contributed by atoms with Crippen molar-refractivity contribution < 1.29 is 14.3 Å². The summed E-state index contributed by atoms with van der Waals surface area (Å²) in [6.45, 7) is 3.34. The maximum absolute atomic E-state index is 12.3. The molecule has 1 N–H and O–H groups in total. The van der Waals surface area contributed by atoms with E-state index in [2.05, 4.69) is 5.32 Å². The number of amides is 1. The van der Waals surface area contributed by atoms with E-state index in [1.54, 1.807) is 31.4 Å². The molecule has 0 spiro atoms. The Hall–Kier alpha value is -2.27. The lowest BCUT2D eigenvalue weighted by molar-refractivity contribution is -0.115. The van der Waals surface area contributed by atoms with Crippen molar-refractivity contribution in [2.75, 3.05) is 12.4 Å². The molecule has 0 aliphatic heterocycles. The van der Waals surface area contributed by atoms with Crippen molar-refractivity contribution >= 4 is 29.1 Å². The van der Waals surface area contributed by atoms with E-state index in [0.29, 0.717) is 11.3 Å². The summed E-state index contributed by atoms with van der Waals surface area (Å²) in [4.78, 5) is 24.7. The fourth-order valence-corrected chi connectivity index (χ4v) is 2.91. The Morgan fingerprint density at radius 2 is 1.87 bits per heavy atom. The van der Waals surface area contributed by atoms with Crippen molar-refractivity contribution in [3.63, 3.8) is 0 Å². The molecule has 2 aromatic rings. The van der Waals surface area contributed by atoms with Gasteiger partial charge in [-0.3, -0.25) is 9.59 Å². The van der Waals surface area contributed by atoms with Crippen LogP contribution in [0, 0.1) is 0 Å². The molecule has 0 bridgehead atoms.